The third-order valence-corrected chi connectivity index (χ3v) is 5.45. The number of nitrogens with zero attached hydrogens (tertiary/aromatic N) is 4. The molecule has 2 aromatic heterocycles. The van der Waals surface area contributed by atoms with Crippen molar-refractivity contribution < 1.29 is 4.74 Å². The molecule has 3 aromatic rings. The molecule has 0 radical (unpaired) electrons. The summed E-state index contributed by atoms with van der Waals surface area (Å²) in [5, 5.41) is 8.44. The average Bonchev–Trinajstić information content (AvgIpc) is 3.08. The van der Waals surface area contributed by atoms with E-state index in [0.717, 1.165) is 87.1 Å². The molecule has 6 heteroatoms. The number of fused-ring (bicyclic) bond motifs is 1. The lowest BCUT2D eigenvalue weighted by Gasteiger charge is -2.26. The smallest absolute Gasteiger partial charge is 0.165 e. The number of nitrogens with one attached hydrogen (secondary N) is 1. The fourth-order valence-corrected chi connectivity index (χ4v) is 3.97. The summed E-state index contributed by atoms with van der Waals surface area (Å²) in [7, 11) is 0. The van der Waals surface area contributed by atoms with E-state index < -0.39 is 0 Å². The van der Waals surface area contributed by atoms with Crippen LogP contribution in [-0.4, -0.2) is 58.9 Å². The highest BCUT2D eigenvalue weighted by atomic mass is 16.5. The zero-order valence-electron chi connectivity index (χ0n) is 17.5. The maximum absolute atomic E-state index is 5.43. The average molecular weight is 394 g/mol. The predicted octanol–water partition coefficient (Wildman–Crippen LogP) is 3.79. The van der Waals surface area contributed by atoms with E-state index in [0.29, 0.717) is 0 Å². The quantitative estimate of drug-likeness (QED) is 0.590. The van der Waals surface area contributed by atoms with Crippen molar-refractivity contribution in [2.24, 2.45) is 0 Å². The van der Waals surface area contributed by atoms with E-state index in [1.165, 1.54) is 5.56 Å². The number of hydrogen-bond acceptors (Lipinski definition) is 5. The van der Waals surface area contributed by atoms with Crippen molar-refractivity contribution in [3.05, 3.63) is 47.8 Å². The highest BCUT2D eigenvalue weighted by molar-refractivity contribution is 5.80. The molecule has 0 amide bonds. The van der Waals surface area contributed by atoms with Crippen molar-refractivity contribution in [1.29, 1.82) is 0 Å². The zero-order chi connectivity index (χ0) is 20.1. The Bertz CT molecular complexity index is 931. The topological polar surface area (TPSA) is 54.7 Å². The summed E-state index contributed by atoms with van der Waals surface area (Å²) in [5.41, 5.74) is 5.36. The molecule has 1 aliphatic rings. The van der Waals surface area contributed by atoms with Gasteiger partial charge in [0, 0.05) is 37.0 Å². The molecule has 0 bridgehead atoms. The summed E-state index contributed by atoms with van der Waals surface area (Å²) in [5.74, 6) is 1.03. The normalized spacial score (nSPS) is 15.1. The van der Waals surface area contributed by atoms with E-state index in [2.05, 4.69) is 54.4 Å². The van der Waals surface area contributed by atoms with Gasteiger partial charge in [-0.2, -0.15) is 9.61 Å². The highest BCUT2D eigenvalue weighted by Gasteiger charge is 2.16. The third kappa shape index (κ3) is 4.60. The van der Waals surface area contributed by atoms with Gasteiger partial charge in [0.05, 0.1) is 18.9 Å². The lowest BCUT2D eigenvalue weighted by Crippen LogP contribution is -2.37. The van der Waals surface area contributed by atoms with Crippen LogP contribution < -0.4 is 5.32 Å². The van der Waals surface area contributed by atoms with Gasteiger partial charge in [-0.1, -0.05) is 43.7 Å². The number of aromatic nitrogens is 3. The summed E-state index contributed by atoms with van der Waals surface area (Å²) >= 11 is 0. The third-order valence-electron chi connectivity index (χ3n) is 5.45. The van der Waals surface area contributed by atoms with Gasteiger partial charge in [-0.3, -0.25) is 4.90 Å². The number of anilines is 1. The van der Waals surface area contributed by atoms with E-state index >= 15 is 0 Å². The van der Waals surface area contributed by atoms with Crippen LogP contribution in [0, 0.1) is 6.92 Å². The molecule has 6 nitrogen and oxygen atoms in total. The number of benzene rings is 1. The van der Waals surface area contributed by atoms with E-state index in [-0.39, 0.29) is 0 Å². The Balaban J connectivity index is 1.57. The van der Waals surface area contributed by atoms with E-state index in [1.807, 2.05) is 10.6 Å². The van der Waals surface area contributed by atoms with Crippen LogP contribution in [0.4, 0.5) is 5.82 Å². The molecule has 1 aromatic carbocycles. The monoisotopic (exact) mass is 393 g/mol. The van der Waals surface area contributed by atoms with Crippen LogP contribution in [0.3, 0.4) is 0 Å². The Morgan fingerprint density at radius 3 is 2.69 bits per heavy atom. The number of morpholine rings is 1. The van der Waals surface area contributed by atoms with Gasteiger partial charge in [0.1, 0.15) is 5.82 Å². The van der Waals surface area contributed by atoms with Gasteiger partial charge >= 0.3 is 0 Å². The molecule has 3 heterocycles. The molecular formula is C23H31N5O. The number of ether oxygens (including phenoxy) is 1. The minimum Gasteiger partial charge on any atom is -0.379 e. The lowest BCUT2D eigenvalue weighted by molar-refractivity contribution is 0.0378. The highest BCUT2D eigenvalue weighted by Crippen LogP contribution is 2.29. The maximum Gasteiger partial charge on any atom is 0.165 e. The molecule has 1 saturated heterocycles. The minimum absolute atomic E-state index is 0.855. The van der Waals surface area contributed by atoms with Gasteiger partial charge in [-0.25, -0.2) is 4.98 Å². The Labute approximate surface area is 172 Å². The van der Waals surface area contributed by atoms with Gasteiger partial charge in [0.25, 0.3) is 0 Å². The van der Waals surface area contributed by atoms with Crippen LogP contribution in [0.1, 0.15) is 31.2 Å². The second kappa shape index (κ2) is 9.37. The van der Waals surface area contributed by atoms with Crippen molar-refractivity contribution in [1.82, 2.24) is 19.5 Å². The molecular weight excluding hydrogens is 362 g/mol. The number of rotatable bonds is 8. The lowest BCUT2D eigenvalue weighted by atomic mass is 10.1. The van der Waals surface area contributed by atoms with Crippen LogP contribution in [0.5, 0.6) is 0 Å². The maximum atomic E-state index is 5.43. The molecule has 0 saturated carbocycles. The zero-order valence-corrected chi connectivity index (χ0v) is 17.5. The molecule has 1 N–H and O–H groups in total. The molecule has 0 aliphatic carbocycles. The molecule has 1 fully saturated rings. The fraction of sp³-hybridized carbons (Fsp3) is 0.478. The van der Waals surface area contributed by atoms with Gasteiger partial charge in [-0.15, -0.1) is 0 Å². The predicted molar refractivity (Wildman–Crippen MR) is 118 cm³/mol. The van der Waals surface area contributed by atoms with Gasteiger partial charge in [0.15, 0.2) is 5.65 Å². The fourth-order valence-electron chi connectivity index (χ4n) is 3.97. The second-order valence-electron chi connectivity index (χ2n) is 7.68. The molecule has 0 atom stereocenters. The van der Waals surface area contributed by atoms with Crippen LogP contribution in [0.2, 0.25) is 0 Å². The summed E-state index contributed by atoms with van der Waals surface area (Å²) in [4.78, 5) is 7.44. The van der Waals surface area contributed by atoms with Gasteiger partial charge in [-0.05, 0) is 31.9 Å². The molecule has 0 spiro atoms. The first kappa shape index (κ1) is 19.9. The van der Waals surface area contributed by atoms with Crippen molar-refractivity contribution in [3.8, 4) is 11.1 Å². The van der Waals surface area contributed by atoms with Crippen LogP contribution in [-0.2, 0) is 11.2 Å². The van der Waals surface area contributed by atoms with Crippen LogP contribution in [0.15, 0.2) is 36.4 Å². The van der Waals surface area contributed by atoms with E-state index in [4.69, 9.17) is 14.8 Å². The molecule has 4 rings (SSSR count). The first-order valence-corrected chi connectivity index (χ1v) is 10.7. The molecule has 1 aliphatic heterocycles. The van der Waals surface area contributed by atoms with Gasteiger partial charge < -0.3 is 10.1 Å². The number of aryl methyl sites for hydroxylation is 2. The second-order valence-corrected chi connectivity index (χ2v) is 7.68. The van der Waals surface area contributed by atoms with Crippen LogP contribution in [0.25, 0.3) is 16.8 Å². The summed E-state index contributed by atoms with van der Waals surface area (Å²) in [6, 6.07) is 12.6. The van der Waals surface area contributed by atoms with Crippen molar-refractivity contribution >= 4 is 11.5 Å². The summed E-state index contributed by atoms with van der Waals surface area (Å²) < 4.78 is 7.41. The van der Waals surface area contributed by atoms with E-state index in [1.54, 1.807) is 0 Å². The Morgan fingerprint density at radius 1 is 1.14 bits per heavy atom. The largest absolute Gasteiger partial charge is 0.379 e. The summed E-state index contributed by atoms with van der Waals surface area (Å²) in [6.45, 7) is 10.1. The SMILES string of the molecule is CCCc1cc(NCCCN2CCOCC2)n2nc(C)c(-c3ccccc3)c2n1. The standard InChI is InChI=1S/C23H31N5O/c1-3-8-20-17-21(24-11-7-12-27-13-15-29-16-14-27)28-23(25-20)22(18(2)26-28)19-9-5-4-6-10-19/h4-6,9-10,17,24H,3,7-8,11-16H2,1-2H3. The Morgan fingerprint density at radius 2 is 1.93 bits per heavy atom. The van der Waals surface area contributed by atoms with E-state index in [9.17, 15) is 0 Å². The first-order valence-electron chi connectivity index (χ1n) is 10.7. The summed E-state index contributed by atoms with van der Waals surface area (Å²) in [6.07, 6.45) is 3.14. The van der Waals surface area contributed by atoms with Crippen molar-refractivity contribution in [3.63, 3.8) is 0 Å². The molecule has 0 unspecified atom stereocenters. The minimum atomic E-state index is 0.855. The van der Waals surface area contributed by atoms with Crippen LogP contribution >= 0.6 is 0 Å². The molecule has 154 valence electrons. The van der Waals surface area contributed by atoms with Gasteiger partial charge in [0.2, 0.25) is 0 Å². The Kier molecular flexibility index (Phi) is 6.42. The Hall–Kier alpha value is -2.44. The van der Waals surface area contributed by atoms with Crippen molar-refractivity contribution in [2.75, 3.05) is 44.7 Å². The first-order chi connectivity index (χ1) is 14.3. The molecule has 29 heavy (non-hydrogen) atoms. The number of hydrogen-bond donors (Lipinski definition) is 1. The van der Waals surface area contributed by atoms with Crippen molar-refractivity contribution in [2.45, 2.75) is 33.1 Å².